The number of hydrazine groups is 1. The van der Waals surface area contributed by atoms with E-state index >= 15 is 0 Å². The number of nitrogens with one attached hydrogen (secondary N) is 1. The first-order chi connectivity index (χ1) is 10.2. The number of hydrogen-bond donors (Lipinski definition) is 2. The summed E-state index contributed by atoms with van der Waals surface area (Å²) >= 11 is 6.17. The van der Waals surface area contributed by atoms with Gasteiger partial charge in [0.1, 0.15) is 6.04 Å². The number of fused-ring (bicyclic) bond motifs is 1. The van der Waals surface area contributed by atoms with E-state index in [-0.39, 0.29) is 23.4 Å². The molecule has 122 valence electrons. The Labute approximate surface area is 138 Å². The molecule has 2 unspecified atom stereocenters. The molecule has 0 radical (unpaired) electrons. The summed E-state index contributed by atoms with van der Waals surface area (Å²) in [4.78, 5) is 14.6. The highest BCUT2D eigenvalue weighted by Gasteiger charge is 2.43. The van der Waals surface area contributed by atoms with Crippen LogP contribution in [0.4, 0.5) is 5.69 Å². The third-order valence-electron chi connectivity index (χ3n) is 4.56. The van der Waals surface area contributed by atoms with E-state index in [0.717, 1.165) is 17.1 Å². The minimum atomic E-state index is -0.313. The zero-order chi connectivity index (χ0) is 16.7. The maximum absolute atomic E-state index is 12.4. The Balaban J connectivity index is 2.61. The molecular weight excluding hydrogens is 298 g/mol. The SMILES string of the molecule is CC1CC(C)(C)N(C(C(=O)NN)C(C)C)c2ccc(Cl)cc21. The van der Waals surface area contributed by atoms with Gasteiger partial charge in [-0.15, -0.1) is 0 Å². The van der Waals surface area contributed by atoms with Gasteiger partial charge < -0.3 is 4.90 Å². The minimum absolute atomic E-state index is 0.137. The van der Waals surface area contributed by atoms with Crippen LogP contribution in [0.2, 0.25) is 5.02 Å². The Bertz CT molecular complexity index is 571. The molecule has 0 fully saturated rings. The van der Waals surface area contributed by atoms with Gasteiger partial charge in [0.2, 0.25) is 0 Å². The quantitative estimate of drug-likeness (QED) is 0.509. The van der Waals surface area contributed by atoms with Crippen molar-refractivity contribution >= 4 is 23.2 Å². The molecule has 1 amide bonds. The fourth-order valence-electron chi connectivity index (χ4n) is 3.75. The Kier molecular flexibility index (Phi) is 4.73. The van der Waals surface area contributed by atoms with Crippen molar-refractivity contribution in [2.24, 2.45) is 11.8 Å². The molecule has 1 aliphatic rings. The highest BCUT2D eigenvalue weighted by molar-refractivity contribution is 6.30. The van der Waals surface area contributed by atoms with E-state index in [9.17, 15) is 4.79 Å². The number of nitrogens with zero attached hydrogens (tertiary/aromatic N) is 1. The molecule has 2 atom stereocenters. The van der Waals surface area contributed by atoms with Gasteiger partial charge in [-0.2, -0.15) is 0 Å². The van der Waals surface area contributed by atoms with Crippen LogP contribution >= 0.6 is 11.6 Å². The van der Waals surface area contributed by atoms with Gasteiger partial charge in [0.15, 0.2) is 0 Å². The van der Waals surface area contributed by atoms with Crippen molar-refractivity contribution in [2.45, 2.75) is 58.5 Å². The molecule has 0 aromatic heterocycles. The van der Waals surface area contributed by atoms with Crippen molar-refractivity contribution in [3.05, 3.63) is 28.8 Å². The van der Waals surface area contributed by atoms with Crippen molar-refractivity contribution in [2.75, 3.05) is 4.90 Å². The first-order valence-corrected chi connectivity index (χ1v) is 8.16. The summed E-state index contributed by atoms with van der Waals surface area (Å²) in [5.41, 5.74) is 4.47. The van der Waals surface area contributed by atoms with Gasteiger partial charge in [-0.05, 0) is 55.9 Å². The number of hydrogen-bond acceptors (Lipinski definition) is 3. The monoisotopic (exact) mass is 323 g/mol. The molecule has 0 aliphatic carbocycles. The van der Waals surface area contributed by atoms with Gasteiger partial charge in [0.25, 0.3) is 5.91 Å². The standard InChI is InChI=1S/C17H26ClN3O/c1-10(2)15(16(22)20-19)21-14-7-6-12(18)8-13(14)11(3)9-17(21,4)5/h6-8,10-11,15H,9,19H2,1-5H3,(H,20,22). The molecule has 0 saturated heterocycles. The number of carbonyl (C=O) groups is 1. The summed E-state index contributed by atoms with van der Waals surface area (Å²) in [7, 11) is 0. The summed E-state index contributed by atoms with van der Waals surface area (Å²) in [6, 6.07) is 5.61. The van der Waals surface area contributed by atoms with Gasteiger partial charge in [0.05, 0.1) is 0 Å². The lowest BCUT2D eigenvalue weighted by Crippen LogP contribution is -2.61. The number of carbonyl (C=O) groups excluding carboxylic acids is 1. The maximum Gasteiger partial charge on any atom is 0.256 e. The average Bonchev–Trinajstić information content (AvgIpc) is 2.42. The summed E-state index contributed by atoms with van der Waals surface area (Å²) in [5, 5.41) is 0.731. The summed E-state index contributed by atoms with van der Waals surface area (Å²) in [5.74, 6) is 5.81. The predicted octanol–water partition coefficient (Wildman–Crippen LogP) is 3.45. The molecule has 1 aromatic carbocycles. The molecule has 22 heavy (non-hydrogen) atoms. The largest absolute Gasteiger partial charge is 0.354 e. The Morgan fingerprint density at radius 2 is 2.09 bits per heavy atom. The maximum atomic E-state index is 12.4. The minimum Gasteiger partial charge on any atom is -0.354 e. The van der Waals surface area contributed by atoms with Crippen molar-refractivity contribution in [1.29, 1.82) is 0 Å². The van der Waals surface area contributed by atoms with Gasteiger partial charge in [-0.3, -0.25) is 10.2 Å². The van der Waals surface area contributed by atoms with Gasteiger partial charge in [0, 0.05) is 16.2 Å². The predicted molar refractivity (Wildman–Crippen MR) is 92.0 cm³/mol. The molecule has 1 heterocycles. The van der Waals surface area contributed by atoms with E-state index in [2.05, 4.69) is 31.1 Å². The second-order valence-electron chi connectivity index (χ2n) is 7.19. The fraction of sp³-hybridized carbons (Fsp3) is 0.588. The van der Waals surface area contributed by atoms with Crippen LogP contribution in [-0.2, 0) is 4.79 Å². The summed E-state index contributed by atoms with van der Waals surface area (Å²) in [6.07, 6.45) is 0.960. The highest BCUT2D eigenvalue weighted by atomic mass is 35.5. The molecule has 0 saturated carbocycles. The Morgan fingerprint density at radius 1 is 1.45 bits per heavy atom. The van der Waals surface area contributed by atoms with E-state index in [1.165, 1.54) is 5.56 Å². The normalized spacial score (nSPS) is 21.5. The highest BCUT2D eigenvalue weighted by Crippen LogP contribution is 2.46. The molecule has 3 N–H and O–H groups in total. The number of rotatable bonds is 3. The third-order valence-corrected chi connectivity index (χ3v) is 4.79. The smallest absolute Gasteiger partial charge is 0.256 e. The first kappa shape index (κ1) is 17.1. The van der Waals surface area contributed by atoms with Crippen LogP contribution in [0.5, 0.6) is 0 Å². The molecule has 2 rings (SSSR count). The Morgan fingerprint density at radius 3 is 2.64 bits per heavy atom. The van der Waals surface area contributed by atoms with Gasteiger partial charge in [-0.25, -0.2) is 5.84 Å². The van der Waals surface area contributed by atoms with Gasteiger partial charge >= 0.3 is 0 Å². The topological polar surface area (TPSA) is 58.4 Å². The van der Waals surface area contributed by atoms with Crippen LogP contribution in [0, 0.1) is 5.92 Å². The zero-order valence-corrected chi connectivity index (χ0v) is 14.7. The molecule has 0 bridgehead atoms. The van der Waals surface area contributed by atoms with Crippen molar-refractivity contribution in [1.82, 2.24) is 5.43 Å². The number of benzene rings is 1. The van der Waals surface area contributed by atoms with Crippen LogP contribution in [0.25, 0.3) is 0 Å². The zero-order valence-electron chi connectivity index (χ0n) is 14.0. The van der Waals surface area contributed by atoms with E-state index in [1.54, 1.807) is 0 Å². The van der Waals surface area contributed by atoms with Crippen LogP contribution in [0.15, 0.2) is 18.2 Å². The lowest BCUT2D eigenvalue weighted by atomic mass is 9.78. The second-order valence-corrected chi connectivity index (χ2v) is 7.62. The molecule has 4 nitrogen and oxygen atoms in total. The third kappa shape index (κ3) is 2.95. The molecular formula is C17H26ClN3O. The van der Waals surface area contributed by atoms with Crippen molar-refractivity contribution in [3.8, 4) is 0 Å². The number of amides is 1. The van der Waals surface area contributed by atoms with E-state index in [1.807, 2.05) is 32.0 Å². The van der Waals surface area contributed by atoms with Crippen LogP contribution < -0.4 is 16.2 Å². The molecule has 1 aliphatic heterocycles. The first-order valence-electron chi connectivity index (χ1n) is 7.78. The number of nitrogens with two attached hydrogens (primary N) is 1. The Hall–Kier alpha value is -1.26. The van der Waals surface area contributed by atoms with Gasteiger partial charge in [-0.1, -0.05) is 32.4 Å². The fourth-order valence-corrected chi connectivity index (χ4v) is 3.93. The van der Waals surface area contributed by atoms with Crippen LogP contribution in [0.1, 0.15) is 52.5 Å². The van der Waals surface area contributed by atoms with Crippen molar-refractivity contribution in [3.63, 3.8) is 0 Å². The van der Waals surface area contributed by atoms with E-state index in [0.29, 0.717) is 5.92 Å². The number of halogens is 1. The van der Waals surface area contributed by atoms with E-state index < -0.39 is 0 Å². The molecule has 1 aromatic rings. The van der Waals surface area contributed by atoms with Crippen molar-refractivity contribution < 1.29 is 4.79 Å². The summed E-state index contributed by atoms with van der Waals surface area (Å²) < 4.78 is 0. The van der Waals surface area contributed by atoms with Crippen LogP contribution in [-0.4, -0.2) is 17.5 Å². The lowest BCUT2D eigenvalue weighted by Gasteiger charge is -2.51. The van der Waals surface area contributed by atoms with E-state index in [4.69, 9.17) is 17.4 Å². The molecule has 0 spiro atoms. The summed E-state index contributed by atoms with van der Waals surface area (Å²) in [6.45, 7) is 10.7. The van der Waals surface area contributed by atoms with Crippen LogP contribution in [0.3, 0.4) is 0 Å². The molecule has 5 heteroatoms. The average molecular weight is 324 g/mol. The number of anilines is 1. The lowest BCUT2D eigenvalue weighted by molar-refractivity contribution is -0.123. The second kappa shape index (κ2) is 6.09.